The number of ether oxygens (including phenoxy) is 1. The third-order valence-electron chi connectivity index (χ3n) is 4.29. The second-order valence-corrected chi connectivity index (χ2v) is 8.69. The molecule has 0 saturated carbocycles. The van der Waals surface area contributed by atoms with E-state index in [2.05, 4.69) is 5.32 Å². The first-order chi connectivity index (χ1) is 13.9. The van der Waals surface area contributed by atoms with E-state index in [-0.39, 0.29) is 10.8 Å². The van der Waals surface area contributed by atoms with Gasteiger partial charge in [-0.25, -0.2) is 8.42 Å². The minimum atomic E-state index is -3.53. The van der Waals surface area contributed by atoms with Gasteiger partial charge in [-0.05, 0) is 67.8 Å². The molecule has 0 atom stereocenters. The Morgan fingerprint density at radius 1 is 0.897 bits per heavy atom. The van der Waals surface area contributed by atoms with Crippen molar-refractivity contribution >= 4 is 21.6 Å². The number of hydrogen-bond acceptors (Lipinski definition) is 4. The van der Waals surface area contributed by atoms with Crippen LogP contribution in [0.4, 0.5) is 5.69 Å². The van der Waals surface area contributed by atoms with E-state index in [1.54, 1.807) is 36.4 Å². The quantitative estimate of drug-likeness (QED) is 0.581. The topological polar surface area (TPSA) is 75.7 Å². The fourth-order valence-corrected chi connectivity index (χ4v) is 4.46. The molecule has 158 valence electrons. The monoisotopic (exact) mass is 418 g/mol. The number of hydrogen-bond donors (Lipinski definition) is 1. The van der Waals surface area contributed by atoms with E-state index < -0.39 is 10.0 Å². The molecule has 0 heterocycles. The predicted molar refractivity (Wildman–Crippen MR) is 116 cm³/mol. The molecule has 0 unspecified atom stereocenters. The Balaban J connectivity index is 2.07. The van der Waals surface area contributed by atoms with Crippen LogP contribution in [0.15, 0.2) is 53.4 Å². The van der Waals surface area contributed by atoms with Crippen LogP contribution < -0.4 is 10.1 Å². The van der Waals surface area contributed by atoms with Crippen LogP contribution >= 0.6 is 0 Å². The van der Waals surface area contributed by atoms with Crippen molar-refractivity contribution in [2.75, 3.05) is 25.0 Å². The summed E-state index contributed by atoms with van der Waals surface area (Å²) in [4.78, 5) is 12.7. The van der Waals surface area contributed by atoms with Gasteiger partial charge >= 0.3 is 0 Å². The number of nitrogens with zero attached hydrogens (tertiary/aromatic N) is 1. The van der Waals surface area contributed by atoms with Gasteiger partial charge in [0.25, 0.3) is 5.91 Å². The van der Waals surface area contributed by atoms with Crippen LogP contribution in [0.5, 0.6) is 5.75 Å². The van der Waals surface area contributed by atoms with Crippen LogP contribution in [0.1, 0.15) is 50.4 Å². The average Bonchev–Trinajstić information content (AvgIpc) is 2.73. The number of sulfonamides is 1. The summed E-state index contributed by atoms with van der Waals surface area (Å²) in [6.07, 6.45) is 2.44. The SMILES string of the molecule is CCCOc1ccc(C(=O)Nc2ccc(S(=O)(=O)N(CCC)CCC)cc2)cc1. The highest BCUT2D eigenvalue weighted by molar-refractivity contribution is 7.89. The molecule has 7 heteroatoms. The summed E-state index contributed by atoms with van der Waals surface area (Å²) in [7, 11) is -3.53. The molecule has 1 N–H and O–H groups in total. The molecule has 0 saturated heterocycles. The molecule has 2 aromatic rings. The molecule has 0 radical (unpaired) electrons. The summed E-state index contributed by atoms with van der Waals surface area (Å²) in [5.41, 5.74) is 1.04. The van der Waals surface area contributed by atoms with E-state index in [9.17, 15) is 13.2 Å². The Bertz CT molecular complexity index is 872. The van der Waals surface area contributed by atoms with Gasteiger partial charge in [-0.15, -0.1) is 0 Å². The number of rotatable bonds is 11. The van der Waals surface area contributed by atoms with E-state index in [0.717, 1.165) is 25.0 Å². The molecule has 0 bridgehead atoms. The summed E-state index contributed by atoms with van der Waals surface area (Å²) in [5, 5.41) is 2.79. The Kier molecular flexibility index (Phi) is 8.67. The summed E-state index contributed by atoms with van der Waals surface area (Å²) < 4.78 is 32.6. The molecular formula is C22H30N2O4S. The van der Waals surface area contributed by atoms with Crippen molar-refractivity contribution in [2.24, 2.45) is 0 Å². The second kappa shape index (κ2) is 11.0. The van der Waals surface area contributed by atoms with Crippen LogP contribution in [-0.2, 0) is 10.0 Å². The minimum Gasteiger partial charge on any atom is -0.494 e. The first-order valence-electron chi connectivity index (χ1n) is 10.1. The van der Waals surface area contributed by atoms with Crippen molar-refractivity contribution in [3.05, 3.63) is 54.1 Å². The Labute approximate surface area is 173 Å². The molecule has 0 aromatic heterocycles. The molecule has 0 aliphatic rings. The van der Waals surface area contributed by atoms with Crippen LogP contribution in [0.3, 0.4) is 0 Å². The van der Waals surface area contributed by atoms with Gasteiger partial charge in [0.2, 0.25) is 10.0 Å². The molecule has 0 aliphatic heterocycles. The predicted octanol–water partition coefficient (Wildman–Crippen LogP) is 4.54. The third kappa shape index (κ3) is 6.30. The zero-order chi connectivity index (χ0) is 21.3. The molecule has 29 heavy (non-hydrogen) atoms. The average molecular weight is 419 g/mol. The van der Waals surface area contributed by atoms with Gasteiger partial charge in [0.05, 0.1) is 11.5 Å². The molecular weight excluding hydrogens is 388 g/mol. The number of amides is 1. The third-order valence-corrected chi connectivity index (χ3v) is 6.20. The van der Waals surface area contributed by atoms with E-state index in [1.165, 1.54) is 16.4 Å². The smallest absolute Gasteiger partial charge is 0.255 e. The van der Waals surface area contributed by atoms with Gasteiger partial charge < -0.3 is 10.1 Å². The summed E-state index contributed by atoms with van der Waals surface area (Å²) in [6, 6.07) is 13.2. The van der Waals surface area contributed by atoms with Gasteiger partial charge in [0.15, 0.2) is 0 Å². The number of nitrogens with one attached hydrogen (secondary N) is 1. The molecule has 0 spiro atoms. The number of anilines is 1. The molecule has 2 rings (SSSR count). The Morgan fingerprint density at radius 3 is 2.00 bits per heavy atom. The lowest BCUT2D eigenvalue weighted by molar-refractivity contribution is 0.102. The van der Waals surface area contributed by atoms with Gasteiger partial charge in [-0.3, -0.25) is 4.79 Å². The maximum atomic E-state index is 12.8. The molecule has 0 fully saturated rings. The lowest BCUT2D eigenvalue weighted by atomic mass is 10.2. The van der Waals surface area contributed by atoms with Gasteiger partial charge in [0.1, 0.15) is 5.75 Å². The van der Waals surface area contributed by atoms with E-state index in [1.807, 2.05) is 20.8 Å². The van der Waals surface area contributed by atoms with Crippen molar-refractivity contribution in [3.63, 3.8) is 0 Å². The lowest BCUT2D eigenvalue weighted by Crippen LogP contribution is -2.32. The zero-order valence-electron chi connectivity index (χ0n) is 17.3. The highest BCUT2D eigenvalue weighted by Gasteiger charge is 2.22. The fourth-order valence-electron chi connectivity index (χ4n) is 2.84. The van der Waals surface area contributed by atoms with Crippen molar-refractivity contribution < 1.29 is 17.9 Å². The highest BCUT2D eigenvalue weighted by Crippen LogP contribution is 2.20. The summed E-state index contributed by atoms with van der Waals surface area (Å²) >= 11 is 0. The number of carbonyl (C=O) groups excluding carboxylic acids is 1. The highest BCUT2D eigenvalue weighted by atomic mass is 32.2. The van der Waals surface area contributed by atoms with Gasteiger partial charge in [0, 0.05) is 24.3 Å². The Morgan fingerprint density at radius 2 is 1.48 bits per heavy atom. The fraction of sp³-hybridized carbons (Fsp3) is 0.409. The first-order valence-corrected chi connectivity index (χ1v) is 11.5. The molecule has 1 amide bonds. The normalized spacial score (nSPS) is 11.4. The summed E-state index contributed by atoms with van der Waals surface area (Å²) in [6.45, 7) is 7.57. The van der Waals surface area contributed by atoms with Gasteiger partial charge in [-0.1, -0.05) is 20.8 Å². The molecule has 0 aliphatic carbocycles. The largest absolute Gasteiger partial charge is 0.494 e. The minimum absolute atomic E-state index is 0.231. The van der Waals surface area contributed by atoms with Crippen LogP contribution in [0.2, 0.25) is 0 Å². The van der Waals surface area contributed by atoms with Crippen LogP contribution in [0, 0.1) is 0 Å². The first kappa shape index (κ1) is 22.9. The van der Waals surface area contributed by atoms with Crippen LogP contribution in [-0.4, -0.2) is 38.3 Å². The van der Waals surface area contributed by atoms with E-state index in [0.29, 0.717) is 30.9 Å². The zero-order valence-corrected chi connectivity index (χ0v) is 18.2. The standard InChI is InChI=1S/C22H30N2O4S/c1-4-15-24(16-5-2)29(26,27)21-13-9-19(10-14-21)23-22(25)18-7-11-20(12-8-18)28-17-6-3/h7-14H,4-6,15-17H2,1-3H3,(H,23,25). The molecule has 2 aromatic carbocycles. The van der Waals surface area contributed by atoms with Crippen LogP contribution in [0.25, 0.3) is 0 Å². The van der Waals surface area contributed by atoms with Gasteiger partial charge in [-0.2, -0.15) is 4.31 Å². The van der Waals surface area contributed by atoms with E-state index in [4.69, 9.17) is 4.74 Å². The van der Waals surface area contributed by atoms with Crippen molar-refractivity contribution in [1.82, 2.24) is 4.31 Å². The second-order valence-electron chi connectivity index (χ2n) is 6.76. The van der Waals surface area contributed by atoms with Crippen molar-refractivity contribution in [1.29, 1.82) is 0 Å². The maximum absolute atomic E-state index is 12.8. The Hall–Kier alpha value is -2.38. The summed E-state index contributed by atoms with van der Waals surface area (Å²) in [5.74, 6) is 0.461. The lowest BCUT2D eigenvalue weighted by Gasteiger charge is -2.21. The molecule has 6 nitrogen and oxygen atoms in total. The van der Waals surface area contributed by atoms with E-state index >= 15 is 0 Å². The maximum Gasteiger partial charge on any atom is 0.255 e. The number of carbonyl (C=O) groups is 1. The van der Waals surface area contributed by atoms with Crippen molar-refractivity contribution in [3.8, 4) is 5.75 Å². The van der Waals surface area contributed by atoms with Crippen molar-refractivity contribution in [2.45, 2.75) is 44.9 Å². The number of benzene rings is 2.